The first-order chi connectivity index (χ1) is 10.4. The Morgan fingerprint density at radius 3 is 2.55 bits per heavy atom. The van der Waals surface area contributed by atoms with Gasteiger partial charge in [-0.15, -0.1) is 6.58 Å². The van der Waals surface area contributed by atoms with Gasteiger partial charge < -0.3 is 15.4 Å². The van der Waals surface area contributed by atoms with Crippen LogP contribution in [0.5, 0.6) is 0 Å². The van der Waals surface area contributed by atoms with Crippen LogP contribution in [0.25, 0.3) is 0 Å². The van der Waals surface area contributed by atoms with E-state index in [1.165, 1.54) is 4.31 Å². The van der Waals surface area contributed by atoms with Gasteiger partial charge in [-0.3, -0.25) is 4.99 Å². The number of hydrogen-bond acceptors (Lipinski definition) is 4. The van der Waals surface area contributed by atoms with Crippen LogP contribution in [0, 0.1) is 0 Å². The summed E-state index contributed by atoms with van der Waals surface area (Å²) in [5, 5.41) is 6.10. The molecule has 2 N–H and O–H groups in total. The van der Waals surface area contributed by atoms with Crippen molar-refractivity contribution in [3.8, 4) is 0 Å². The molecule has 0 aromatic heterocycles. The summed E-state index contributed by atoms with van der Waals surface area (Å²) in [4.78, 5) is 4.28. The van der Waals surface area contributed by atoms with E-state index in [1.807, 2.05) is 20.8 Å². The number of rotatable bonds is 7. The van der Waals surface area contributed by atoms with E-state index in [0.29, 0.717) is 32.1 Å². The number of guanidine groups is 1. The standard InChI is InChI=1S/C14H28N4O3S/c1-5-7-16-14(15-6-2)17-8-9-22(19,20)18-10-12(3)21-13(4)11-18/h5,12-13H,1,6-11H2,2-4H3,(H2,15,16,17). The van der Waals surface area contributed by atoms with Crippen LogP contribution < -0.4 is 10.6 Å². The highest BCUT2D eigenvalue weighted by Gasteiger charge is 2.30. The number of nitrogens with one attached hydrogen (secondary N) is 2. The minimum atomic E-state index is -3.31. The highest BCUT2D eigenvalue weighted by atomic mass is 32.2. The van der Waals surface area contributed by atoms with Gasteiger partial charge in [-0.1, -0.05) is 6.08 Å². The van der Waals surface area contributed by atoms with Gasteiger partial charge in [0.15, 0.2) is 5.96 Å². The zero-order valence-electron chi connectivity index (χ0n) is 13.7. The average molecular weight is 332 g/mol. The SMILES string of the molecule is C=CCNC(=NCCS(=O)(=O)N1CC(C)OC(C)C1)NCC. The lowest BCUT2D eigenvalue weighted by atomic mass is 10.3. The van der Waals surface area contributed by atoms with E-state index in [9.17, 15) is 8.42 Å². The zero-order chi connectivity index (χ0) is 16.6. The van der Waals surface area contributed by atoms with Crippen LogP contribution in [0.1, 0.15) is 20.8 Å². The van der Waals surface area contributed by atoms with Crippen LogP contribution in [0.2, 0.25) is 0 Å². The summed E-state index contributed by atoms with van der Waals surface area (Å²) in [6.45, 7) is 11.7. The smallest absolute Gasteiger partial charge is 0.216 e. The summed E-state index contributed by atoms with van der Waals surface area (Å²) in [7, 11) is -3.31. The maximum absolute atomic E-state index is 12.4. The molecule has 0 amide bonds. The average Bonchev–Trinajstić information content (AvgIpc) is 2.43. The van der Waals surface area contributed by atoms with Crippen molar-refractivity contribution < 1.29 is 13.2 Å². The maximum Gasteiger partial charge on any atom is 0.216 e. The fourth-order valence-corrected chi connectivity index (χ4v) is 3.72. The number of morpholine rings is 1. The number of nitrogens with zero attached hydrogens (tertiary/aromatic N) is 2. The fourth-order valence-electron chi connectivity index (χ4n) is 2.27. The van der Waals surface area contributed by atoms with Crippen molar-refractivity contribution >= 4 is 16.0 Å². The Kier molecular flexibility index (Phi) is 7.84. The molecule has 1 rings (SSSR count). The first-order valence-electron chi connectivity index (χ1n) is 7.65. The van der Waals surface area contributed by atoms with E-state index in [-0.39, 0.29) is 24.5 Å². The van der Waals surface area contributed by atoms with E-state index < -0.39 is 10.0 Å². The summed E-state index contributed by atoms with van der Waals surface area (Å²) in [6, 6.07) is 0. The molecule has 0 spiro atoms. The molecular weight excluding hydrogens is 304 g/mol. The van der Waals surface area contributed by atoms with Gasteiger partial charge in [0, 0.05) is 26.2 Å². The van der Waals surface area contributed by atoms with Crippen LogP contribution in [-0.4, -0.2) is 69.4 Å². The third kappa shape index (κ3) is 6.33. The topological polar surface area (TPSA) is 83.0 Å². The van der Waals surface area contributed by atoms with E-state index >= 15 is 0 Å². The molecule has 2 unspecified atom stereocenters. The Morgan fingerprint density at radius 2 is 2.00 bits per heavy atom. The first-order valence-corrected chi connectivity index (χ1v) is 9.26. The lowest BCUT2D eigenvalue weighted by Gasteiger charge is -2.34. The van der Waals surface area contributed by atoms with Crippen molar-refractivity contribution in [1.82, 2.24) is 14.9 Å². The number of sulfonamides is 1. The third-order valence-corrected chi connectivity index (χ3v) is 4.94. The molecule has 8 heteroatoms. The van der Waals surface area contributed by atoms with Crippen molar-refractivity contribution in [3.05, 3.63) is 12.7 Å². The molecule has 2 atom stereocenters. The molecule has 0 aliphatic carbocycles. The van der Waals surface area contributed by atoms with Crippen molar-refractivity contribution in [1.29, 1.82) is 0 Å². The molecule has 128 valence electrons. The van der Waals surface area contributed by atoms with Gasteiger partial charge in [-0.05, 0) is 20.8 Å². The van der Waals surface area contributed by atoms with Crippen LogP contribution in [0.15, 0.2) is 17.6 Å². The fraction of sp³-hybridized carbons (Fsp3) is 0.786. The Balaban J connectivity index is 2.58. The Labute approximate surface area is 133 Å². The van der Waals surface area contributed by atoms with Gasteiger partial charge in [0.1, 0.15) is 0 Å². The van der Waals surface area contributed by atoms with Crippen LogP contribution in [0.4, 0.5) is 0 Å². The lowest BCUT2D eigenvalue weighted by Crippen LogP contribution is -2.49. The highest BCUT2D eigenvalue weighted by Crippen LogP contribution is 2.14. The molecule has 0 aromatic rings. The number of hydrogen-bond donors (Lipinski definition) is 2. The largest absolute Gasteiger partial charge is 0.373 e. The molecule has 1 fully saturated rings. The number of aliphatic imine (C=N–C) groups is 1. The minimum absolute atomic E-state index is 0.00287. The van der Waals surface area contributed by atoms with Gasteiger partial charge in [0.05, 0.1) is 24.5 Å². The van der Waals surface area contributed by atoms with E-state index in [1.54, 1.807) is 6.08 Å². The quantitative estimate of drug-likeness (QED) is 0.394. The highest BCUT2D eigenvalue weighted by molar-refractivity contribution is 7.89. The summed E-state index contributed by atoms with van der Waals surface area (Å²) in [5.41, 5.74) is 0. The van der Waals surface area contributed by atoms with Crippen LogP contribution in [-0.2, 0) is 14.8 Å². The second-order valence-corrected chi connectivity index (χ2v) is 7.41. The normalized spacial score (nSPS) is 24.0. The zero-order valence-corrected chi connectivity index (χ0v) is 14.5. The second kappa shape index (κ2) is 9.12. The second-order valence-electron chi connectivity index (χ2n) is 5.32. The molecule has 22 heavy (non-hydrogen) atoms. The molecule has 1 aliphatic rings. The maximum atomic E-state index is 12.4. The van der Waals surface area contributed by atoms with Gasteiger partial charge in [-0.2, -0.15) is 4.31 Å². The van der Waals surface area contributed by atoms with Crippen LogP contribution in [0.3, 0.4) is 0 Å². The van der Waals surface area contributed by atoms with Crippen LogP contribution >= 0.6 is 0 Å². The van der Waals surface area contributed by atoms with Gasteiger partial charge in [0.2, 0.25) is 10.0 Å². The Bertz CT molecular complexity index is 468. The van der Waals surface area contributed by atoms with Crippen molar-refractivity contribution in [2.75, 3.05) is 38.5 Å². The first kappa shape index (κ1) is 18.9. The van der Waals surface area contributed by atoms with E-state index in [0.717, 1.165) is 0 Å². The number of ether oxygens (including phenoxy) is 1. The summed E-state index contributed by atoms with van der Waals surface area (Å²) in [6.07, 6.45) is 1.57. The third-order valence-electron chi connectivity index (χ3n) is 3.16. The summed E-state index contributed by atoms with van der Waals surface area (Å²) >= 11 is 0. The van der Waals surface area contributed by atoms with E-state index in [4.69, 9.17) is 4.74 Å². The molecule has 0 radical (unpaired) electrons. The minimum Gasteiger partial charge on any atom is -0.373 e. The van der Waals surface area contributed by atoms with Gasteiger partial charge in [-0.25, -0.2) is 8.42 Å². The molecule has 0 saturated carbocycles. The predicted molar refractivity (Wildman–Crippen MR) is 89.5 cm³/mol. The lowest BCUT2D eigenvalue weighted by molar-refractivity contribution is -0.0440. The Morgan fingerprint density at radius 1 is 1.36 bits per heavy atom. The summed E-state index contributed by atoms with van der Waals surface area (Å²) in [5.74, 6) is 0.596. The molecule has 1 saturated heterocycles. The van der Waals surface area contributed by atoms with E-state index in [2.05, 4.69) is 22.2 Å². The van der Waals surface area contributed by atoms with Gasteiger partial charge in [0.25, 0.3) is 0 Å². The monoisotopic (exact) mass is 332 g/mol. The molecule has 1 aliphatic heterocycles. The molecule has 0 bridgehead atoms. The van der Waals surface area contributed by atoms with Crippen molar-refractivity contribution in [2.24, 2.45) is 4.99 Å². The molecule has 7 nitrogen and oxygen atoms in total. The Hall–Kier alpha value is -1.12. The molecular formula is C14H28N4O3S. The molecule has 0 aromatic carbocycles. The van der Waals surface area contributed by atoms with Crippen molar-refractivity contribution in [2.45, 2.75) is 33.0 Å². The van der Waals surface area contributed by atoms with Gasteiger partial charge >= 0.3 is 0 Å². The predicted octanol–water partition coefficient (Wildman–Crippen LogP) is 0.167. The van der Waals surface area contributed by atoms with Crippen molar-refractivity contribution in [3.63, 3.8) is 0 Å². The summed E-state index contributed by atoms with van der Waals surface area (Å²) < 4.78 is 31.8. The molecule has 1 heterocycles.